The van der Waals surface area contributed by atoms with E-state index in [1.165, 1.54) is 54.9 Å². The molecular weight excluding hydrogens is 558 g/mol. The molecule has 0 amide bonds. The van der Waals surface area contributed by atoms with Gasteiger partial charge in [-0.05, 0) is 80.4 Å². The molecule has 3 heteroatoms. The maximum atomic E-state index is 4.82. The van der Waals surface area contributed by atoms with Crippen LogP contribution in [0, 0.1) is 0 Å². The van der Waals surface area contributed by atoms with Crippen LogP contribution in [0.25, 0.3) is 72.4 Å². The first kappa shape index (κ1) is 26.4. The number of benzene rings is 6. The van der Waals surface area contributed by atoms with E-state index in [0.29, 0.717) is 5.95 Å². The van der Waals surface area contributed by atoms with Crippen molar-refractivity contribution in [3.05, 3.63) is 175 Å². The van der Waals surface area contributed by atoms with Crippen molar-refractivity contribution >= 4 is 44.2 Å². The molecule has 2 heterocycles. The van der Waals surface area contributed by atoms with Crippen LogP contribution >= 0.6 is 0 Å². The van der Waals surface area contributed by atoms with Crippen LogP contribution in [-0.4, -0.2) is 14.5 Å². The summed E-state index contributed by atoms with van der Waals surface area (Å²) in [6.45, 7) is 0. The monoisotopic (exact) mass is 587 g/mol. The molecule has 8 aromatic rings. The maximum absolute atomic E-state index is 4.82. The molecule has 0 saturated carbocycles. The van der Waals surface area contributed by atoms with Gasteiger partial charge in [-0.3, -0.25) is 4.57 Å². The van der Waals surface area contributed by atoms with Gasteiger partial charge in [-0.1, -0.05) is 127 Å². The van der Waals surface area contributed by atoms with Gasteiger partial charge in [0.2, 0.25) is 5.95 Å². The van der Waals surface area contributed by atoms with Crippen molar-refractivity contribution in [2.75, 3.05) is 0 Å². The standard InChI is InChI=1S/C43H29N3/c1-2-10-29(11-3-1)36-27-44-43(45-28-36)46-41-19-7-6-17-39(41)40-26-34(22-23-42(40)46)32-20-21-33-25-35(15-8-14-31(33)24-32)38-18-9-13-30-12-4-5-16-37(30)38/h1-24,26-28H,25H2. The van der Waals surface area contributed by atoms with Gasteiger partial charge in [0.25, 0.3) is 0 Å². The lowest BCUT2D eigenvalue weighted by Gasteiger charge is -2.13. The molecular formula is C43H29N3. The van der Waals surface area contributed by atoms with Crippen molar-refractivity contribution in [1.29, 1.82) is 0 Å². The summed E-state index contributed by atoms with van der Waals surface area (Å²) in [6.07, 6.45) is 11.4. The molecule has 0 saturated heterocycles. The van der Waals surface area contributed by atoms with Gasteiger partial charge in [-0.15, -0.1) is 0 Å². The second kappa shape index (κ2) is 10.8. The van der Waals surface area contributed by atoms with Gasteiger partial charge in [0, 0.05) is 28.7 Å². The molecule has 0 fully saturated rings. The van der Waals surface area contributed by atoms with E-state index in [9.17, 15) is 0 Å². The fourth-order valence-corrected chi connectivity index (χ4v) is 6.90. The molecule has 46 heavy (non-hydrogen) atoms. The lowest BCUT2D eigenvalue weighted by Crippen LogP contribution is -2.00. The molecule has 1 aliphatic carbocycles. The molecule has 2 aromatic heterocycles. The number of hydrogen-bond donors (Lipinski definition) is 0. The zero-order chi connectivity index (χ0) is 30.5. The minimum Gasteiger partial charge on any atom is -0.278 e. The molecule has 0 radical (unpaired) electrons. The second-order valence-electron chi connectivity index (χ2n) is 11.9. The summed E-state index contributed by atoms with van der Waals surface area (Å²) in [5, 5.41) is 4.95. The highest BCUT2D eigenvalue weighted by atomic mass is 15.1. The number of allylic oxidation sites excluding steroid dienone is 3. The van der Waals surface area contributed by atoms with Crippen molar-refractivity contribution < 1.29 is 0 Å². The molecule has 216 valence electrons. The van der Waals surface area contributed by atoms with Crippen LogP contribution in [0.4, 0.5) is 0 Å². The first-order valence-corrected chi connectivity index (χ1v) is 15.7. The van der Waals surface area contributed by atoms with Crippen molar-refractivity contribution in [1.82, 2.24) is 14.5 Å². The van der Waals surface area contributed by atoms with Crippen molar-refractivity contribution in [3.63, 3.8) is 0 Å². The third-order valence-electron chi connectivity index (χ3n) is 9.19. The molecule has 0 N–H and O–H groups in total. The number of nitrogens with zero attached hydrogens (tertiary/aromatic N) is 3. The minimum absolute atomic E-state index is 0.670. The smallest absolute Gasteiger partial charge is 0.234 e. The number of fused-ring (bicyclic) bond motifs is 5. The Morgan fingerprint density at radius 2 is 1.24 bits per heavy atom. The number of hydrogen-bond acceptors (Lipinski definition) is 2. The molecule has 9 rings (SSSR count). The Bertz CT molecular complexity index is 2480. The number of para-hydroxylation sites is 1. The Morgan fingerprint density at radius 3 is 2.13 bits per heavy atom. The molecule has 3 nitrogen and oxygen atoms in total. The summed E-state index contributed by atoms with van der Waals surface area (Å²) in [5.41, 5.74) is 11.9. The van der Waals surface area contributed by atoms with Crippen LogP contribution in [0.5, 0.6) is 0 Å². The molecule has 0 atom stereocenters. The summed E-state index contributed by atoms with van der Waals surface area (Å²) in [6, 6.07) is 47.7. The number of aromatic nitrogens is 3. The van der Waals surface area contributed by atoms with Gasteiger partial charge >= 0.3 is 0 Å². The lowest BCUT2D eigenvalue weighted by atomic mass is 9.91. The van der Waals surface area contributed by atoms with Gasteiger partial charge < -0.3 is 0 Å². The van der Waals surface area contributed by atoms with Crippen LogP contribution in [0.2, 0.25) is 0 Å². The van der Waals surface area contributed by atoms with E-state index in [2.05, 4.69) is 138 Å². The van der Waals surface area contributed by atoms with Gasteiger partial charge in [0.1, 0.15) is 0 Å². The topological polar surface area (TPSA) is 30.7 Å². The summed E-state index contributed by atoms with van der Waals surface area (Å²) in [5.74, 6) is 0.670. The van der Waals surface area contributed by atoms with Gasteiger partial charge in [0.15, 0.2) is 0 Å². The highest BCUT2D eigenvalue weighted by molar-refractivity contribution is 6.10. The highest BCUT2D eigenvalue weighted by Gasteiger charge is 2.16. The Labute approximate surface area is 267 Å². The van der Waals surface area contributed by atoms with Gasteiger partial charge in [0.05, 0.1) is 11.0 Å². The zero-order valence-electron chi connectivity index (χ0n) is 25.1. The summed E-state index contributed by atoms with van der Waals surface area (Å²) >= 11 is 0. The van der Waals surface area contributed by atoms with Crippen molar-refractivity contribution in [3.8, 4) is 28.2 Å². The molecule has 0 unspecified atom stereocenters. The van der Waals surface area contributed by atoms with E-state index >= 15 is 0 Å². The van der Waals surface area contributed by atoms with E-state index in [-0.39, 0.29) is 0 Å². The molecule has 6 aromatic carbocycles. The van der Waals surface area contributed by atoms with Gasteiger partial charge in [-0.2, -0.15) is 0 Å². The molecule has 1 aliphatic rings. The normalized spacial score (nSPS) is 12.7. The average molecular weight is 588 g/mol. The SMILES string of the molecule is C1=Cc2cc(-c3ccc4c(c3)c3ccccc3n4-c3ncc(-c4ccccc4)cn3)ccc2CC(c2cccc3ccccc23)=C1. The first-order valence-electron chi connectivity index (χ1n) is 15.7. The first-order chi connectivity index (χ1) is 22.8. The van der Waals surface area contributed by atoms with Crippen LogP contribution in [0.3, 0.4) is 0 Å². The lowest BCUT2D eigenvalue weighted by molar-refractivity contribution is 0.990. The Morgan fingerprint density at radius 1 is 0.522 bits per heavy atom. The molecule has 0 bridgehead atoms. The van der Waals surface area contributed by atoms with E-state index < -0.39 is 0 Å². The van der Waals surface area contributed by atoms with Crippen LogP contribution in [0.1, 0.15) is 16.7 Å². The summed E-state index contributed by atoms with van der Waals surface area (Å²) in [4.78, 5) is 9.64. The number of rotatable bonds is 4. The van der Waals surface area contributed by atoms with E-state index in [0.717, 1.165) is 28.6 Å². The molecule has 0 spiro atoms. The minimum atomic E-state index is 0.670. The predicted molar refractivity (Wildman–Crippen MR) is 192 cm³/mol. The summed E-state index contributed by atoms with van der Waals surface area (Å²) < 4.78 is 2.17. The quantitative estimate of drug-likeness (QED) is 0.205. The maximum Gasteiger partial charge on any atom is 0.234 e. The largest absolute Gasteiger partial charge is 0.278 e. The van der Waals surface area contributed by atoms with Crippen LogP contribution in [0.15, 0.2) is 158 Å². The Kier molecular flexibility index (Phi) is 6.20. The predicted octanol–water partition coefficient (Wildman–Crippen LogP) is 10.7. The third kappa shape index (κ3) is 4.44. The van der Waals surface area contributed by atoms with Crippen molar-refractivity contribution in [2.45, 2.75) is 6.42 Å². The van der Waals surface area contributed by atoms with Gasteiger partial charge in [-0.25, -0.2) is 9.97 Å². The van der Waals surface area contributed by atoms with E-state index in [4.69, 9.17) is 9.97 Å². The second-order valence-corrected chi connectivity index (χ2v) is 11.9. The zero-order valence-corrected chi connectivity index (χ0v) is 25.1. The van der Waals surface area contributed by atoms with Crippen LogP contribution < -0.4 is 0 Å². The highest BCUT2D eigenvalue weighted by Crippen LogP contribution is 2.36. The third-order valence-corrected chi connectivity index (χ3v) is 9.19. The van der Waals surface area contributed by atoms with Crippen molar-refractivity contribution in [2.24, 2.45) is 0 Å². The summed E-state index contributed by atoms with van der Waals surface area (Å²) in [7, 11) is 0. The molecule has 0 aliphatic heterocycles. The van der Waals surface area contributed by atoms with Crippen LogP contribution in [-0.2, 0) is 6.42 Å². The Hall–Kier alpha value is -6.06. The Balaban J connectivity index is 1.09. The fraction of sp³-hybridized carbons (Fsp3) is 0.0233. The van der Waals surface area contributed by atoms with E-state index in [1.807, 2.05) is 30.6 Å². The van der Waals surface area contributed by atoms with E-state index in [1.54, 1.807) is 0 Å². The fourth-order valence-electron chi connectivity index (χ4n) is 6.90. The average Bonchev–Trinajstić information content (AvgIpc) is 3.30.